The molecule has 0 fully saturated rings. The van der Waals surface area contributed by atoms with E-state index >= 15 is 0 Å². The molecule has 2 heterocycles. The fourth-order valence-electron chi connectivity index (χ4n) is 2.30. The van der Waals surface area contributed by atoms with Gasteiger partial charge in [0.1, 0.15) is 28.5 Å². The molecule has 0 radical (unpaired) electrons. The zero-order valence-electron chi connectivity index (χ0n) is 13.1. The predicted octanol–water partition coefficient (Wildman–Crippen LogP) is 4.44. The molecule has 0 N–H and O–H groups in total. The molecule has 0 saturated heterocycles. The molecule has 0 saturated carbocycles. The number of nitrogens with zero attached hydrogens (tertiary/aromatic N) is 1. The Morgan fingerprint density at radius 1 is 1.16 bits per heavy atom. The Morgan fingerprint density at radius 3 is 2.48 bits per heavy atom. The lowest BCUT2D eigenvalue weighted by atomic mass is 10.1. The highest BCUT2D eigenvalue weighted by Crippen LogP contribution is 2.37. The number of esters is 1. The summed E-state index contributed by atoms with van der Waals surface area (Å²) in [4.78, 5) is 24.0. The lowest BCUT2D eigenvalue weighted by Gasteiger charge is -2.07. The second-order valence-corrected chi connectivity index (χ2v) is 5.99. The average molecular weight is 380 g/mol. The Bertz CT molecular complexity index is 1000. The third kappa shape index (κ3) is 3.45. The van der Waals surface area contributed by atoms with Crippen LogP contribution in [0.15, 0.2) is 44.1 Å². The van der Waals surface area contributed by atoms with Crippen LogP contribution < -0.4 is 10.4 Å². The summed E-state index contributed by atoms with van der Waals surface area (Å²) in [5, 5.41) is 4.50. The predicted molar refractivity (Wildman–Crippen MR) is 91.4 cm³/mol. The second kappa shape index (κ2) is 6.74. The van der Waals surface area contributed by atoms with Crippen molar-refractivity contribution in [3.05, 3.63) is 67.9 Å². The van der Waals surface area contributed by atoms with Crippen molar-refractivity contribution in [3.8, 4) is 17.0 Å². The van der Waals surface area contributed by atoms with Gasteiger partial charge >= 0.3 is 11.6 Å². The molecule has 0 atom stereocenters. The maximum Gasteiger partial charge on any atom is 0.349 e. The van der Waals surface area contributed by atoms with Crippen molar-refractivity contribution in [1.82, 2.24) is 5.16 Å². The summed E-state index contributed by atoms with van der Waals surface area (Å²) in [6.07, 6.45) is 0. The van der Waals surface area contributed by atoms with E-state index in [4.69, 9.17) is 36.9 Å². The van der Waals surface area contributed by atoms with E-state index in [1.165, 1.54) is 6.07 Å². The second-order valence-electron chi connectivity index (χ2n) is 5.17. The minimum Gasteiger partial charge on any atom is -0.428 e. The molecule has 0 aliphatic carbocycles. The first-order valence-electron chi connectivity index (χ1n) is 7.11. The maximum atomic E-state index is 12.6. The fourth-order valence-corrected chi connectivity index (χ4v) is 2.88. The number of halogens is 2. The van der Waals surface area contributed by atoms with Gasteiger partial charge in [0, 0.05) is 11.6 Å². The number of rotatable bonds is 3. The monoisotopic (exact) mass is 379 g/mol. The van der Waals surface area contributed by atoms with Crippen LogP contribution in [-0.4, -0.2) is 11.1 Å². The lowest BCUT2D eigenvalue weighted by molar-refractivity contribution is 0.0732. The van der Waals surface area contributed by atoms with Gasteiger partial charge < -0.3 is 13.7 Å². The van der Waals surface area contributed by atoms with Crippen LogP contribution in [0.2, 0.25) is 10.0 Å². The zero-order valence-corrected chi connectivity index (χ0v) is 14.6. The summed E-state index contributed by atoms with van der Waals surface area (Å²) in [6, 6.07) is 7.40. The van der Waals surface area contributed by atoms with Crippen LogP contribution in [0.25, 0.3) is 11.3 Å². The van der Waals surface area contributed by atoms with Crippen molar-refractivity contribution in [1.29, 1.82) is 0 Å². The molecular formula is C17H11Cl2NO5. The molecule has 3 rings (SSSR count). The molecule has 8 heteroatoms. The van der Waals surface area contributed by atoms with Crippen LogP contribution >= 0.6 is 23.2 Å². The van der Waals surface area contributed by atoms with Crippen LogP contribution in [0, 0.1) is 13.8 Å². The standard InChI is InChI=1S/C17H11Cl2NO5/c1-8-6-10(7-13(21)23-8)24-17(22)14-9(2)25-20-16(14)15-11(18)4-3-5-12(15)19/h3-7H,1-2H3. The molecule has 6 nitrogen and oxygen atoms in total. The molecule has 0 spiro atoms. The van der Waals surface area contributed by atoms with Crippen LogP contribution in [0.5, 0.6) is 5.75 Å². The van der Waals surface area contributed by atoms with Crippen LogP contribution in [-0.2, 0) is 0 Å². The van der Waals surface area contributed by atoms with Crippen LogP contribution in [0.1, 0.15) is 21.9 Å². The van der Waals surface area contributed by atoms with Gasteiger partial charge in [-0.3, -0.25) is 0 Å². The molecule has 3 aromatic rings. The van der Waals surface area contributed by atoms with E-state index in [0.717, 1.165) is 6.07 Å². The number of carbonyl (C=O) groups is 1. The van der Waals surface area contributed by atoms with E-state index in [0.29, 0.717) is 21.4 Å². The third-order valence-corrected chi connectivity index (χ3v) is 3.97. The van der Waals surface area contributed by atoms with Gasteiger partial charge in [-0.2, -0.15) is 0 Å². The van der Waals surface area contributed by atoms with E-state index in [9.17, 15) is 9.59 Å². The number of hydrogen-bond acceptors (Lipinski definition) is 6. The fraction of sp³-hybridized carbons (Fsp3) is 0.118. The first-order valence-corrected chi connectivity index (χ1v) is 7.87. The van der Waals surface area contributed by atoms with E-state index in [2.05, 4.69) is 5.16 Å². The Balaban J connectivity index is 2.05. The SMILES string of the molecule is Cc1cc(OC(=O)c2c(-c3c(Cl)cccc3Cl)noc2C)cc(=O)o1. The Kier molecular flexibility index (Phi) is 4.65. The Hall–Kier alpha value is -2.57. The first-order chi connectivity index (χ1) is 11.9. The zero-order chi connectivity index (χ0) is 18.1. The van der Waals surface area contributed by atoms with Gasteiger partial charge in [0.25, 0.3) is 0 Å². The lowest BCUT2D eigenvalue weighted by Crippen LogP contribution is -2.12. The summed E-state index contributed by atoms with van der Waals surface area (Å²) in [7, 11) is 0. The molecule has 0 unspecified atom stereocenters. The smallest absolute Gasteiger partial charge is 0.349 e. The number of ether oxygens (including phenoxy) is 1. The van der Waals surface area contributed by atoms with Crippen molar-refractivity contribution in [2.45, 2.75) is 13.8 Å². The van der Waals surface area contributed by atoms with Gasteiger partial charge in [0.05, 0.1) is 16.1 Å². The van der Waals surface area contributed by atoms with Gasteiger partial charge in [0.2, 0.25) is 0 Å². The molecule has 0 bridgehead atoms. The molecule has 25 heavy (non-hydrogen) atoms. The summed E-state index contributed by atoms with van der Waals surface area (Å²) in [5.41, 5.74) is -0.0312. The van der Waals surface area contributed by atoms with E-state index in [1.807, 2.05) is 0 Å². The maximum absolute atomic E-state index is 12.6. The quantitative estimate of drug-likeness (QED) is 0.625. The topological polar surface area (TPSA) is 82.5 Å². The van der Waals surface area contributed by atoms with E-state index < -0.39 is 11.6 Å². The summed E-state index contributed by atoms with van der Waals surface area (Å²) in [6.45, 7) is 3.13. The van der Waals surface area contributed by atoms with Crippen molar-refractivity contribution >= 4 is 29.2 Å². The van der Waals surface area contributed by atoms with Gasteiger partial charge in [-0.25, -0.2) is 9.59 Å². The van der Waals surface area contributed by atoms with E-state index in [1.54, 1.807) is 32.0 Å². The summed E-state index contributed by atoms with van der Waals surface area (Å²) < 4.78 is 15.2. The molecule has 128 valence electrons. The number of aromatic nitrogens is 1. The number of hydrogen-bond donors (Lipinski definition) is 0. The molecule has 0 aliphatic rings. The minimum absolute atomic E-state index is 0.0514. The van der Waals surface area contributed by atoms with E-state index in [-0.39, 0.29) is 22.8 Å². The number of carbonyl (C=O) groups excluding carboxylic acids is 1. The average Bonchev–Trinajstić information content (AvgIpc) is 2.87. The highest BCUT2D eigenvalue weighted by atomic mass is 35.5. The molecule has 2 aromatic heterocycles. The van der Waals surface area contributed by atoms with Crippen molar-refractivity contribution in [2.24, 2.45) is 0 Å². The molecule has 0 aliphatic heterocycles. The number of aryl methyl sites for hydroxylation is 2. The Labute approximate surface area is 151 Å². The van der Waals surface area contributed by atoms with Gasteiger partial charge in [0.15, 0.2) is 0 Å². The molecular weight excluding hydrogens is 369 g/mol. The van der Waals surface area contributed by atoms with Gasteiger partial charge in [-0.05, 0) is 26.0 Å². The van der Waals surface area contributed by atoms with Crippen molar-refractivity contribution in [2.75, 3.05) is 0 Å². The molecule has 0 amide bonds. The first kappa shape index (κ1) is 17.3. The minimum atomic E-state index is -0.755. The summed E-state index contributed by atoms with van der Waals surface area (Å²) >= 11 is 12.4. The Morgan fingerprint density at radius 2 is 1.84 bits per heavy atom. The van der Waals surface area contributed by atoms with Gasteiger partial charge in [-0.15, -0.1) is 0 Å². The van der Waals surface area contributed by atoms with Crippen molar-refractivity contribution < 1.29 is 18.5 Å². The highest BCUT2D eigenvalue weighted by Gasteiger charge is 2.26. The van der Waals surface area contributed by atoms with Crippen molar-refractivity contribution in [3.63, 3.8) is 0 Å². The normalized spacial score (nSPS) is 10.7. The highest BCUT2D eigenvalue weighted by molar-refractivity contribution is 6.39. The third-order valence-electron chi connectivity index (χ3n) is 3.34. The van der Waals surface area contributed by atoms with Gasteiger partial charge in [-0.1, -0.05) is 34.4 Å². The largest absolute Gasteiger partial charge is 0.428 e. The van der Waals surface area contributed by atoms with Crippen LogP contribution in [0.4, 0.5) is 0 Å². The van der Waals surface area contributed by atoms with Crippen LogP contribution in [0.3, 0.4) is 0 Å². The number of benzene rings is 1. The molecule has 1 aromatic carbocycles. The summed E-state index contributed by atoms with van der Waals surface area (Å²) in [5.74, 6) is -0.160.